The molecule has 0 fully saturated rings. The lowest BCUT2D eigenvalue weighted by molar-refractivity contribution is 0.261. The molecular weight excluding hydrogens is 312 g/mol. The normalized spacial score (nSPS) is 11.2. The summed E-state index contributed by atoms with van der Waals surface area (Å²) in [6.45, 7) is 9.74. The SMILES string of the molecule is Cc1cc2nc(CO)n(CCCOc3cccc(C)c3C)c2cc1C. The zero-order valence-electron chi connectivity index (χ0n) is 15.5. The number of imidazole rings is 1. The smallest absolute Gasteiger partial charge is 0.135 e. The van der Waals surface area contributed by atoms with Crippen molar-refractivity contribution >= 4 is 11.0 Å². The number of hydrogen-bond acceptors (Lipinski definition) is 3. The van der Waals surface area contributed by atoms with Gasteiger partial charge in [-0.3, -0.25) is 0 Å². The van der Waals surface area contributed by atoms with E-state index >= 15 is 0 Å². The third-order valence-corrected chi connectivity index (χ3v) is 4.92. The van der Waals surface area contributed by atoms with E-state index < -0.39 is 0 Å². The largest absolute Gasteiger partial charge is 0.493 e. The van der Waals surface area contributed by atoms with Crippen LogP contribution >= 0.6 is 0 Å². The van der Waals surface area contributed by atoms with E-state index in [0.717, 1.165) is 29.7 Å². The van der Waals surface area contributed by atoms with E-state index in [0.29, 0.717) is 12.4 Å². The lowest BCUT2D eigenvalue weighted by Gasteiger charge is -2.12. The number of aliphatic hydroxyl groups is 1. The van der Waals surface area contributed by atoms with E-state index in [-0.39, 0.29) is 6.61 Å². The first-order valence-corrected chi connectivity index (χ1v) is 8.77. The zero-order valence-corrected chi connectivity index (χ0v) is 15.5. The molecule has 0 aliphatic heterocycles. The van der Waals surface area contributed by atoms with Crippen molar-refractivity contribution in [3.05, 3.63) is 58.4 Å². The van der Waals surface area contributed by atoms with Gasteiger partial charge in [0.05, 0.1) is 17.6 Å². The lowest BCUT2D eigenvalue weighted by Crippen LogP contribution is -2.08. The van der Waals surface area contributed by atoms with Gasteiger partial charge >= 0.3 is 0 Å². The molecular formula is C21H26N2O2. The maximum Gasteiger partial charge on any atom is 0.135 e. The van der Waals surface area contributed by atoms with Crippen molar-refractivity contribution in [2.24, 2.45) is 0 Å². The number of aliphatic hydroxyl groups excluding tert-OH is 1. The summed E-state index contributed by atoms with van der Waals surface area (Å²) in [5.41, 5.74) is 6.93. The maximum atomic E-state index is 9.64. The van der Waals surface area contributed by atoms with Crippen LogP contribution in [0.1, 0.15) is 34.5 Å². The molecule has 0 aliphatic carbocycles. The summed E-state index contributed by atoms with van der Waals surface area (Å²) in [4.78, 5) is 4.57. The van der Waals surface area contributed by atoms with Crippen LogP contribution in [-0.4, -0.2) is 21.3 Å². The second kappa shape index (κ2) is 7.28. The van der Waals surface area contributed by atoms with E-state index in [1.54, 1.807) is 0 Å². The van der Waals surface area contributed by atoms with Gasteiger partial charge in [-0.1, -0.05) is 12.1 Å². The number of nitrogens with zero attached hydrogens (tertiary/aromatic N) is 2. The number of rotatable bonds is 6. The van der Waals surface area contributed by atoms with E-state index in [1.807, 2.05) is 12.1 Å². The molecule has 0 atom stereocenters. The topological polar surface area (TPSA) is 47.3 Å². The predicted molar refractivity (Wildman–Crippen MR) is 101 cm³/mol. The molecule has 1 heterocycles. The first-order chi connectivity index (χ1) is 12.0. The Kier molecular flexibility index (Phi) is 5.09. The molecule has 1 N–H and O–H groups in total. The maximum absolute atomic E-state index is 9.64. The molecule has 0 saturated carbocycles. The highest BCUT2D eigenvalue weighted by molar-refractivity contribution is 5.78. The van der Waals surface area contributed by atoms with E-state index in [1.165, 1.54) is 22.3 Å². The molecule has 4 heteroatoms. The summed E-state index contributed by atoms with van der Waals surface area (Å²) in [6, 6.07) is 10.4. The molecule has 25 heavy (non-hydrogen) atoms. The Morgan fingerprint density at radius 1 is 1.04 bits per heavy atom. The number of aromatic nitrogens is 2. The highest BCUT2D eigenvalue weighted by Crippen LogP contribution is 2.23. The second-order valence-corrected chi connectivity index (χ2v) is 6.66. The summed E-state index contributed by atoms with van der Waals surface area (Å²) in [5.74, 6) is 1.66. The Hall–Kier alpha value is -2.33. The van der Waals surface area contributed by atoms with Gasteiger partial charge in [-0.25, -0.2) is 4.98 Å². The molecule has 0 bridgehead atoms. The first kappa shape index (κ1) is 17.5. The van der Waals surface area contributed by atoms with Crippen LogP contribution in [0.4, 0.5) is 0 Å². The summed E-state index contributed by atoms with van der Waals surface area (Å²) in [5, 5.41) is 9.64. The van der Waals surface area contributed by atoms with Crippen LogP contribution in [-0.2, 0) is 13.2 Å². The Labute approximate surface area is 149 Å². The highest BCUT2D eigenvalue weighted by atomic mass is 16.5. The Morgan fingerprint density at radius 3 is 2.56 bits per heavy atom. The van der Waals surface area contributed by atoms with Crippen LogP contribution in [0.3, 0.4) is 0 Å². The summed E-state index contributed by atoms with van der Waals surface area (Å²) >= 11 is 0. The summed E-state index contributed by atoms with van der Waals surface area (Å²) in [7, 11) is 0. The number of fused-ring (bicyclic) bond motifs is 1. The van der Waals surface area contributed by atoms with Crippen molar-refractivity contribution in [1.29, 1.82) is 0 Å². The van der Waals surface area contributed by atoms with Gasteiger partial charge in [-0.2, -0.15) is 0 Å². The molecule has 0 saturated heterocycles. The highest BCUT2D eigenvalue weighted by Gasteiger charge is 2.11. The van der Waals surface area contributed by atoms with Crippen LogP contribution < -0.4 is 4.74 Å². The predicted octanol–water partition coefficient (Wildman–Crippen LogP) is 4.23. The number of hydrogen-bond donors (Lipinski definition) is 1. The molecule has 3 aromatic rings. The van der Waals surface area contributed by atoms with Crippen molar-refractivity contribution in [2.45, 2.75) is 47.3 Å². The van der Waals surface area contributed by atoms with Crippen molar-refractivity contribution in [3.63, 3.8) is 0 Å². The summed E-state index contributed by atoms with van der Waals surface area (Å²) < 4.78 is 8.05. The third kappa shape index (κ3) is 3.54. The van der Waals surface area contributed by atoms with Crippen LogP contribution in [0.25, 0.3) is 11.0 Å². The number of ether oxygens (including phenoxy) is 1. The fourth-order valence-corrected chi connectivity index (χ4v) is 3.09. The lowest BCUT2D eigenvalue weighted by atomic mass is 10.1. The van der Waals surface area contributed by atoms with E-state index in [4.69, 9.17) is 4.74 Å². The van der Waals surface area contributed by atoms with Gasteiger partial charge in [0, 0.05) is 6.54 Å². The molecule has 0 aliphatic rings. The Bertz CT molecular complexity index is 897. The summed E-state index contributed by atoms with van der Waals surface area (Å²) in [6.07, 6.45) is 0.860. The third-order valence-electron chi connectivity index (χ3n) is 4.92. The molecule has 4 nitrogen and oxygen atoms in total. The average Bonchev–Trinajstić information content (AvgIpc) is 2.92. The Morgan fingerprint density at radius 2 is 1.80 bits per heavy atom. The molecule has 2 aromatic carbocycles. The van der Waals surface area contributed by atoms with Crippen molar-refractivity contribution < 1.29 is 9.84 Å². The van der Waals surface area contributed by atoms with Crippen LogP contribution in [0.2, 0.25) is 0 Å². The van der Waals surface area contributed by atoms with Gasteiger partial charge in [0.25, 0.3) is 0 Å². The number of benzene rings is 2. The van der Waals surface area contributed by atoms with E-state index in [9.17, 15) is 5.11 Å². The minimum atomic E-state index is -0.0510. The standard InChI is InChI=1S/C21H26N2O2/c1-14-7-5-8-20(17(14)4)25-10-6-9-23-19-12-16(3)15(2)11-18(19)22-21(23)13-24/h5,7-8,11-12,24H,6,9-10,13H2,1-4H3. The monoisotopic (exact) mass is 338 g/mol. The second-order valence-electron chi connectivity index (χ2n) is 6.66. The van der Waals surface area contributed by atoms with Gasteiger partial charge < -0.3 is 14.4 Å². The van der Waals surface area contributed by atoms with Gasteiger partial charge in [0.2, 0.25) is 0 Å². The minimum absolute atomic E-state index is 0.0510. The minimum Gasteiger partial charge on any atom is -0.493 e. The molecule has 0 spiro atoms. The molecule has 0 unspecified atom stereocenters. The fourth-order valence-electron chi connectivity index (χ4n) is 3.09. The first-order valence-electron chi connectivity index (χ1n) is 8.77. The van der Waals surface area contributed by atoms with Crippen LogP contribution in [0.15, 0.2) is 30.3 Å². The molecule has 0 amide bonds. The van der Waals surface area contributed by atoms with Gasteiger partial charge in [-0.05, 0) is 74.6 Å². The van der Waals surface area contributed by atoms with Crippen molar-refractivity contribution in [2.75, 3.05) is 6.61 Å². The van der Waals surface area contributed by atoms with Crippen LogP contribution in [0.5, 0.6) is 5.75 Å². The number of aryl methyl sites for hydroxylation is 4. The molecule has 132 valence electrons. The average molecular weight is 338 g/mol. The fraction of sp³-hybridized carbons (Fsp3) is 0.381. The molecule has 0 radical (unpaired) electrons. The Balaban J connectivity index is 1.72. The van der Waals surface area contributed by atoms with Gasteiger partial charge in [-0.15, -0.1) is 0 Å². The van der Waals surface area contributed by atoms with Gasteiger partial charge in [0.1, 0.15) is 18.2 Å². The van der Waals surface area contributed by atoms with Crippen molar-refractivity contribution in [3.8, 4) is 5.75 Å². The van der Waals surface area contributed by atoms with Gasteiger partial charge in [0.15, 0.2) is 0 Å². The quantitative estimate of drug-likeness (QED) is 0.684. The van der Waals surface area contributed by atoms with Crippen LogP contribution in [0, 0.1) is 27.7 Å². The molecule has 1 aromatic heterocycles. The molecule has 3 rings (SSSR count). The van der Waals surface area contributed by atoms with E-state index in [2.05, 4.69) is 55.4 Å². The van der Waals surface area contributed by atoms with Crippen molar-refractivity contribution in [1.82, 2.24) is 9.55 Å². The zero-order chi connectivity index (χ0) is 18.0.